The van der Waals surface area contributed by atoms with Gasteiger partial charge in [-0.3, -0.25) is 14.5 Å². The van der Waals surface area contributed by atoms with Crippen LogP contribution in [0.2, 0.25) is 0 Å². The average molecular weight is 543 g/mol. The Labute approximate surface area is 237 Å². The molecule has 2 saturated heterocycles. The third-order valence-electron chi connectivity index (χ3n) is 7.10. The summed E-state index contributed by atoms with van der Waals surface area (Å²) < 4.78 is 5.94. The molecule has 2 heterocycles. The van der Waals surface area contributed by atoms with E-state index in [0.717, 1.165) is 36.5 Å². The van der Waals surface area contributed by atoms with Crippen molar-refractivity contribution in [1.29, 1.82) is 0 Å². The third-order valence-corrected chi connectivity index (χ3v) is 7.10. The minimum atomic E-state index is -0.102. The van der Waals surface area contributed by atoms with Crippen LogP contribution in [0.5, 0.6) is 5.75 Å². The van der Waals surface area contributed by atoms with Crippen molar-refractivity contribution in [2.75, 3.05) is 39.3 Å². The molecule has 0 unspecified atom stereocenters. The molecule has 202 valence electrons. The second-order valence-electron chi connectivity index (χ2n) is 9.93. The number of ketones is 1. The standard InChI is InChI=1S/C33H34N2O3.ClH/c36-32-29(22-26-10-4-1-5-11-26)24-35(25-30(32)23-27-12-6-2-7-13-27)33(37)28-14-16-31(17-15-28)38-21-20-34-18-8-3-9-19-34;/h1-2,4-7,10-17,22-23H,3,8-9,18-21,24-25H2;1H. The van der Waals surface area contributed by atoms with Crippen LogP contribution in [0.15, 0.2) is 96.1 Å². The van der Waals surface area contributed by atoms with Gasteiger partial charge in [0.2, 0.25) is 0 Å². The van der Waals surface area contributed by atoms with E-state index in [4.69, 9.17) is 4.74 Å². The number of Topliss-reactive ketones (excluding diaryl/α,β-unsaturated/α-hetero) is 1. The lowest BCUT2D eigenvalue weighted by Crippen LogP contribution is -2.41. The van der Waals surface area contributed by atoms with Gasteiger partial charge in [0.25, 0.3) is 5.91 Å². The topological polar surface area (TPSA) is 49.9 Å². The lowest BCUT2D eigenvalue weighted by molar-refractivity contribution is -0.113. The van der Waals surface area contributed by atoms with E-state index in [1.54, 1.807) is 4.90 Å². The summed E-state index contributed by atoms with van der Waals surface area (Å²) in [5.74, 6) is 0.649. The first-order valence-electron chi connectivity index (χ1n) is 13.5. The molecule has 0 atom stereocenters. The fourth-order valence-electron chi connectivity index (χ4n) is 5.04. The van der Waals surface area contributed by atoms with Crippen LogP contribution < -0.4 is 4.74 Å². The highest BCUT2D eigenvalue weighted by Crippen LogP contribution is 2.24. The summed E-state index contributed by atoms with van der Waals surface area (Å²) in [4.78, 5) is 31.1. The first-order chi connectivity index (χ1) is 18.7. The van der Waals surface area contributed by atoms with Crippen LogP contribution in [0.3, 0.4) is 0 Å². The van der Waals surface area contributed by atoms with Crippen LogP contribution >= 0.6 is 12.4 Å². The number of likely N-dealkylation sites (tertiary alicyclic amines) is 2. The van der Waals surface area contributed by atoms with Gasteiger partial charge in [-0.05, 0) is 73.5 Å². The molecule has 6 heteroatoms. The van der Waals surface area contributed by atoms with E-state index >= 15 is 0 Å². The summed E-state index contributed by atoms with van der Waals surface area (Å²) in [6.45, 7) is 4.41. The van der Waals surface area contributed by atoms with Crippen LogP contribution in [0.4, 0.5) is 0 Å². The Morgan fingerprint density at radius 1 is 0.744 bits per heavy atom. The fraction of sp³-hybridized carbons (Fsp3) is 0.273. The Kier molecular flexibility index (Phi) is 10.1. The van der Waals surface area contributed by atoms with E-state index in [1.807, 2.05) is 97.1 Å². The molecule has 0 bridgehead atoms. The summed E-state index contributed by atoms with van der Waals surface area (Å²) >= 11 is 0. The highest BCUT2D eigenvalue weighted by molar-refractivity contribution is 6.15. The van der Waals surface area contributed by atoms with Gasteiger partial charge >= 0.3 is 0 Å². The lowest BCUT2D eigenvalue weighted by atomic mass is 9.93. The van der Waals surface area contributed by atoms with Crippen LogP contribution in [-0.2, 0) is 4.79 Å². The predicted octanol–water partition coefficient (Wildman–Crippen LogP) is 6.17. The molecule has 0 saturated carbocycles. The zero-order chi connectivity index (χ0) is 26.2. The van der Waals surface area contributed by atoms with Gasteiger partial charge < -0.3 is 9.64 Å². The largest absolute Gasteiger partial charge is 0.492 e. The van der Waals surface area contributed by atoms with Gasteiger partial charge in [-0.25, -0.2) is 0 Å². The van der Waals surface area contributed by atoms with Crippen LogP contribution in [0.1, 0.15) is 40.7 Å². The molecule has 0 spiro atoms. The van der Waals surface area contributed by atoms with Crippen molar-refractivity contribution in [3.8, 4) is 5.75 Å². The SMILES string of the molecule is Cl.O=C1C(=Cc2ccccc2)CN(C(=O)c2ccc(OCCN3CCCCC3)cc2)CC1=Cc1ccccc1. The van der Waals surface area contributed by atoms with E-state index in [9.17, 15) is 9.59 Å². The number of rotatable bonds is 7. The zero-order valence-electron chi connectivity index (χ0n) is 22.1. The molecule has 0 N–H and O–H groups in total. The molecule has 2 fully saturated rings. The van der Waals surface area contributed by atoms with Gasteiger partial charge in [0.15, 0.2) is 5.78 Å². The number of halogens is 1. The number of carbonyl (C=O) groups excluding carboxylic acids is 2. The minimum absolute atomic E-state index is 0. The summed E-state index contributed by atoms with van der Waals surface area (Å²) in [7, 11) is 0. The molecular formula is C33H35ClN2O3. The number of hydrogen-bond donors (Lipinski definition) is 0. The third kappa shape index (κ3) is 7.69. The Morgan fingerprint density at radius 3 is 1.82 bits per heavy atom. The van der Waals surface area contributed by atoms with Crippen molar-refractivity contribution in [3.63, 3.8) is 0 Å². The van der Waals surface area contributed by atoms with Crippen LogP contribution in [0.25, 0.3) is 12.2 Å². The quantitative estimate of drug-likeness (QED) is 0.335. The summed E-state index contributed by atoms with van der Waals surface area (Å²) in [6, 6.07) is 26.9. The first kappa shape index (κ1) is 28.3. The van der Waals surface area contributed by atoms with Gasteiger partial charge in [-0.2, -0.15) is 0 Å². The molecule has 2 aliphatic heterocycles. The summed E-state index contributed by atoms with van der Waals surface area (Å²) in [6.07, 6.45) is 7.64. The average Bonchev–Trinajstić information content (AvgIpc) is 2.97. The van der Waals surface area contributed by atoms with E-state index in [2.05, 4.69) is 4.90 Å². The highest BCUT2D eigenvalue weighted by atomic mass is 35.5. The maximum absolute atomic E-state index is 13.5. The van der Waals surface area contributed by atoms with Crippen molar-refractivity contribution in [2.24, 2.45) is 0 Å². The van der Waals surface area contributed by atoms with E-state index in [1.165, 1.54) is 19.3 Å². The zero-order valence-corrected chi connectivity index (χ0v) is 22.9. The van der Waals surface area contributed by atoms with Crippen molar-refractivity contribution >= 4 is 36.2 Å². The second kappa shape index (κ2) is 13.9. The Hall–Kier alpha value is -3.67. The number of ether oxygens (including phenoxy) is 1. The number of benzene rings is 3. The first-order valence-corrected chi connectivity index (χ1v) is 13.5. The van der Waals surface area contributed by atoms with Gasteiger partial charge in [0.1, 0.15) is 12.4 Å². The molecule has 5 nitrogen and oxygen atoms in total. The Morgan fingerprint density at radius 2 is 1.28 bits per heavy atom. The highest BCUT2D eigenvalue weighted by Gasteiger charge is 2.29. The van der Waals surface area contributed by atoms with Crippen LogP contribution in [-0.4, -0.2) is 60.8 Å². The molecule has 3 aromatic carbocycles. The maximum atomic E-state index is 13.5. The molecule has 39 heavy (non-hydrogen) atoms. The van der Waals surface area contributed by atoms with Crippen molar-refractivity contribution in [1.82, 2.24) is 9.80 Å². The number of carbonyl (C=O) groups is 2. The lowest BCUT2D eigenvalue weighted by Gasteiger charge is -2.30. The number of piperidine rings is 2. The smallest absolute Gasteiger partial charge is 0.254 e. The summed E-state index contributed by atoms with van der Waals surface area (Å²) in [5.41, 5.74) is 3.68. The Bertz CT molecular complexity index is 1240. The van der Waals surface area contributed by atoms with Gasteiger partial charge in [-0.15, -0.1) is 12.4 Å². The fourth-order valence-corrected chi connectivity index (χ4v) is 5.04. The Balaban J connectivity index is 0.00000353. The summed E-state index contributed by atoms with van der Waals surface area (Å²) in [5, 5.41) is 0. The monoisotopic (exact) mass is 542 g/mol. The van der Waals surface area contributed by atoms with Crippen molar-refractivity contribution in [3.05, 3.63) is 113 Å². The van der Waals surface area contributed by atoms with E-state index in [0.29, 0.717) is 23.3 Å². The molecule has 2 aliphatic rings. The normalized spacial score (nSPS) is 18.2. The molecular weight excluding hydrogens is 508 g/mol. The van der Waals surface area contributed by atoms with E-state index in [-0.39, 0.29) is 37.2 Å². The number of amides is 1. The van der Waals surface area contributed by atoms with Gasteiger partial charge in [0, 0.05) is 23.3 Å². The maximum Gasteiger partial charge on any atom is 0.254 e. The molecule has 0 aliphatic carbocycles. The number of nitrogens with zero attached hydrogens (tertiary/aromatic N) is 2. The second-order valence-corrected chi connectivity index (χ2v) is 9.93. The van der Waals surface area contributed by atoms with Crippen molar-refractivity contribution in [2.45, 2.75) is 19.3 Å². The van der Waals surface area contributed by atoms with Crippen molar-refractivity contribution < 1.29 is 14.3 Å². The molecule has 0 radical (unpaired) electrons. The van der Waals surface area contributed by atoms with Crippen LogP contribution in [0, 0.1) is 0 Å². The predicted molar refractivity (Wildman–Crippen MR) is 159 cm³/mol. The molecule has 3 aromatic rings. The molecule has 1 amide bonds. The van der Waals surface area contributed by atoms with E-state index < -0.39 is 0 Å². The van der Waals surface area contributed by atoms with Gasteiger partial charge in [0.05, 0.1) is 13.1 Å². The van der Waals surface area contributed by atoms with Gasteiger partial charge in [-0.1, -0.05) is 67.1 Å². The number of hydrogen-bond acceptors (Lipinski definition) is 4. The molecule has 5 rings (SSSR count). The minimum Gasteiger partial charge on any atom is -0.492 e. The molecule has 0 aromatic heterocycles.